The molecule has 144 valence electrons. The first-order valence-corrected chi connectivity index (χ1v) is 10.2. The Morgan fingerprint density at radius 3 is 2.41 bits per heavy atom. The van der Waals surface area contributed by atoms with Crippen LogP contribution in [0.3, 0.4) is 0 Å². The fourth-order valence-corrected chi connectivity index (χ4v) is 3.36. The number of nitrogens with one attached hydrogen (secondary N) is 1. The first-order valence-electron chi connectivity index (χ1n) is 8.66. The van der Waals surface area contributed by atoms with Crippen LogP contribution in [0.4, 0.5) is 5.69 Å². The largest absolute Gasteiger partial charge is 0.495 e. The number of methoxy groups -OCH3 is 1. The number of ether oxygens (including phenoxy) is 1. The van der Waals surface area contributed by atoms with Crippen LogP contribution < -0.4 is 10.1 Å². The van der Waals surface area contributed by atoms with Crippen LogP contribution >= 0.6 is 23.4 Å². The van der Waals surface area contributed by atoms with Crippen molar-refractivity contribution < 1.29 is 14.3 Å². The molecular formula is C21H24ClNO3S. The highest BCUT2D eigenvalue weighted by atomic mass is 35.5. The summed E-state index contributed by atoms with van der Waals surface area (Å²) in [6.07, 6.45) is 0. The second kappa shape index (κ2) is 9.81. The van der Waals surface area contributed by atoms with Gasteiger partial charge in [-0.15, -0.1) is 11.8 Å². The molecular weight excluding hydrogens is 382 g/mol. The topological polar surface area (TPSA) is 55.4 Å². The quantitative estimate of drug-likeness (QED) is 0.602. The molecule has 0 unspecified atom stereocenters. The highest BCUT2D eigenvalue weighted by Crippen LogP contribution is 2.31. The highest BCUT2D eigenvalue weighted by molar-refractivity contribution is 8.00. The van der Waals surface area contributed by atoms with Crippen molar-refractivity contribution in [3.63, 3.8) is 0 Å². The maximum absolute atomic E-state index is 12.3. The van der Waals surface area contributed by atoms with Crippen LogP contribution in [0, 0.1) is 6.92 Å². The third-order valence-electron chi connectivity index (χ3n) is 4.12. The van der Waals surface area contributed by atoms with Gasteiger partial charge in [0.05, 0.1) is 24.3 Å². The maximum atomic E-state index is 12.3. The van der Waals surface area contributed by atoms with E-state index >= 15 is 0 Å². The summed E-state index contributed by atoms with van der Waals surface area (Å²) in [7, 11) is 1.52. The number of carbonyl (C=O) groups is 2. The minimum atomic E-state index is -0.192. The predicted octanol–water partition coefficient (Wildman–Crippen LogP) is 5.34. The maximum Gasteiger partial charge on any atom is 0.234 e. The van der Waals surface area contributed by atoms with Crippen LogP contribution in [-0.2, 0) is 4.79 Å². The highest BCUT2D eigenvalue weighted by Gasteiger charge is 2.12. The second-order valence-electron chi connectivity index (χ2n) is 6.54. The van der Waals surface area contributed by atoms with Crippen molar-refractivity contribution in [1.82, 2.24) is 0 Å². The van der Waals surface area contributed by atoms with E-state index in [1.54, 1.807) is 12.1 Å². The summed E-state index contributed by atoms with van der Waals surface area (Å²) in [4.78, 5) is 24.4. The van der Waals surface area contributed by atoms with Gasteiger partial charge in [-0.1, -0.05) is 49.7 Å². The Balaban J connectivity index is 1.87. The lowest BCUT2D eigenvalue weighted by Gasteiger charge is -2.12. The molecule has 0 aromatic heterocycles. The SMILES string of the molecule is COc1cc(Cl)c(C)cc1NC(=O)CSCC(=O)c1ccc(C(C)C)cc1. The van der Waals surface area contributed by atoms with E-state index in [0.29, 0.717) is 27.9 Å². The zero-order valence-electron chi connectivity index (χ0n) is 16.0. The minimum Gasteiger partial charge on any atom is -0.495 e. The van der Waals surface area contributed by atoms with Crippen molar-refractivity contribution in [1.29, 1.82) is 0 Å². The third-order valence-corrected chi connectivity index (χ3v) is 5.46. The Hall–Kier alpha value is -1.98. The molecule has 2 rings (SSSR count). The number of hydrogen-bond acceptors (Lipinski definition) is 4. The smallest absolute Gasteiger partial charge is 0.234 e. The molecule has 1 amide bonds. The first-order chi connectivity index (χ1) is 12.8. The van der Waals surface area contributed by atoms with Crippen molar-refractivity contribution in [3.8, 4) is 5.75 Å². The Bertz CT molecular complexity index is 819. The Labute approximate surface area is 169 Å². The van der Waals surface area contributed by atoms with E-state index in [1.165, 1.54) is 24.4 Å². The van der Waals surface area contributed by atoms with Crippen LogP contribution in [0.2, 0.25) is 5.02 Å². The molecule has 0 spiro atoms. The normalized spacial score (nSPS) is 10.7. The summed E-state index contributed by atoms with van der Waals surface area (Å²) in [6, 6.07) is 11.1. The molecule has 1 N–H and O–H groups in total. The predicted molar refractivity (Wildman–Crippen MR) is 114 cm³/mol. The van der Waals surface area contributed by atoms with Gasteiger partial charge in [-0.3, -0.25) is 9.59 Å². The number of Topliss-reactive ketones (excluding diaryl/α,β-unsaturated/α-hetero) is 1. The molecule has 0 saturated heterocycles. The molecule has 2 aromatic rings. The fraction of sp³-hybridized carbons (Fsp3) is 0.333. The van der Waals surface area contributed by atoms with E-state index < -0.39 is 0 Å². The third kappa shape index (κ3) is 6.01. The number of amides is 1. The van der Waals surface area contributed by atoms with Gasteiger partial charge in [0.15, 0.2) is 5.78 Å². The van der Waals surface area contributed by atoms with E-state index in [1.807, 2.05) is 31.2 Å². The van der Waals surface area contributed by atoms with Crippen LogP contribution in [0.25, 0.3) is 0 Å². The number of benzene rings is 2. The van der Waals surface area contributed by atoms with E-state index in [0.717, 1.165) is 5.56 Å². The van der Waals surface area contributed by atoms with E-state index in [2.05, 4.69) is 19.2 Å². The molecule has 6 heteroatoms. The van der Waals surface area contributed by atoms with E-state index in [9.17, 15) is 9.59 Å². The van der Waals surface area contributed by atoms with Crippen molar-refractivity contribution in [3.05, 3.63) is 58.1 Å². The van der Waals surface area contributed by atoms with Gasteiger partial charge in [-0.05, 0) is 30.0 Å². The molecule has 0 bridgehead atoms. The van der Waals surface area contributed by atoms with Crippen molar-refractivity contribution in [2.45, 2.75) is 26.7 Å². The van der Waals surface area contributed by atoms with E-state index in [4.69, 9.17) is 16.3 Å². The first kappa shape index (κ1) is 21.3. The fourth-order valence-electron chi connectivity index (χ4n) is 2.49. The lowest BCUT2D eigenvalue weighted by atomic mass is 10.0. The molecule has 0 saturated carbocycles. The molecule has 4 nitrogen and oxygen atoms in total. The zero-order valence-corrected chi connectivity index (χ0v) is 17.5. The van der Waals surface area contributed by atoms with Crippen LogP contribution in [0.5, 0.6) is 5.75 Å². The van der Waals surface area contributed by atoms with Crippen LogP contribution in [0.1, 0.15) is 41.3 Å². The molecule has 0 atom stereocenters. The summed E-state index contributed by atoms with van der Waals surface area (Å²) < 4.78 is 5.25. The Kier molecular flexibility index (Phi) is 7.75. The monoisotopic (exact) mass is 405 g/mol. The van der Waals surface area contributed by atoms with Gasteiger partial charge in [-0.25, -0.2) is 0 Å². The second-order valence-corrected chi connectivity index (χ2v) is 7.94. The molecule has 0 aliphatic rings. The number of ketones is 1. The zero-order chi connectivity index (χ0) is 20.0. The van der Waals surface area contributed by atoms with Gasteiger partial charge < -0.3 is 10.1 Å². The number of anilines is 1. The summed E-state index contributed by atoms with van der Waals surface area (Å²) in [5, 5.41) is 3.39. The van der Waals surface area contributed by atoms with Gasteiger partial charge >= 0.3 is 0 Å². The number of hydrogen-bond donors (Lipinski definition) is 1. The van der Waals surface area contributed by atoms with Gasteiger partial charge in [0.25, 0.3) is 0 Å². The van der Waals surface area contributed by atoms with Gasteiger partial charge in [0.2, 0.25) is 5.91 Å². The Morgan fingerprint density at radius 2 is 1.81 bits per heavy atom. The number of carbonyl (C=O) groups excluding carboxylic acids is 2. The van der Waals surface area contributed by atoms with Crippen molar-refractivity contribution in [2.75, 3.05) is 23.9 Å². The summed E-state index contributed by atoms with van der Waals surface area (Å²) in [5.74, 6) is 1.20. The van der Waals surface area contributed by atoms with Crippen LogP contribution in [-0.4, -0.2) is 30.3 Å². The molecule has 0 aliphatic heterocycles. The van der Waals surface area contributed by atoms with Crippen molar-refractivity contribution >= 4 is 40.7 Å². The average molecular weight is 406 g/mol. The number of rotatable bonds is 8. The summed E-state index contributed by atoms with van der Waals surface area (Å²) >= 11 is 7.36. The number of thioether (sulfide) groups is 1. The summed E-state index contributed by atoms with van der Waals surface area (Å²) in [5.41, 5.74) is 3.29. The molecule has 0 heterocycles. The molecule has 0 radical (unpaired) electrons. The van der Waals surface area contributed by atoms with Gasteiger partial charge in [-0.2, -0.15) is 0 Å². The van der Waals surface area contributed by atoms with Crippen molar-refractivity contribution in [2.24, 2.45) is 0 Å². The molecule has 27 heavy (non-hydrogen) atoms. The standard InChI is InChI=1S/C21H24ClNO3S/c1-13(2)15-5-7-16(8-6-15)19(24)11-27-12-21(25)23-18-9-14(3)17(22)10-20(18)26-4/h5-10,13H,11-12H2,1-4H3,(H,23,25). The Morgan fingerprint density at radius 1 is 1.15 bits per heavy atom. The number of aryl methyl sites for hydroxylation is 1. The number of halogens is 1. The molecule has 0 fully saturated rings. The van der Waals surface area contributed by atoms with E-state index in [-0.39, 0.29) is 23.2 Å². The van der Waals surface area contributed by atoms with Gasteiger partial charge in [0, 0.05) is 16.7 Å². The molecule has 0 aliphatic carbocycles. The van der Waals surface area contributed by atoms with Crippen LogP contribution in [0.15, 0.2) is 36.4 Å². The lowest BCUT2D eigenvalue weighted by molar-refractivity contribution is -0.113. The van der Waals surface area contributed by atoms with Gasteiger partial charge in [0.1, 0.15) is 5.75 Å². The average Bonchev–Trinajstić information content (AvgIpc) is 2.64. The lowest BCUT2D eigenvalue weighted by Crippen LogP contribution is -2.16. The molecule has 2 aromatic carbocycles. The minimum absolute atomic E-state index is 0.0167. The summed E-state index contributed by atoms with van der Waals surface area (Å²) in [6.45, 7) is 6.08.